The second-order valence-electron chi connectivity index (χ2n) is 4.17. The van der Waals surface area contributed by atoms with Crippen LogP contribution < -0.4 is 0 Å². The molecule has 2 aliphatic rings. The first-order valence-electron chi connectivity index (χ1n) is 5.29. The maximum Gasteiger partial charge on any atom is 0.308 e. The van der Waals surface area contributed by atoms with E-state index in [0.717, 1.165) is 19.4 Å². The fraction of sp³-hybridized carbons (Fsp3) is 0.800. The lowest BCUT2D eigenvalue weighted by molar-refractivity contribution is -0.141. The summed E-state index contributed by atoms with van der Waals surface area (Å²) in [5.74, 6) is -1.46. The standard InChI is InChI=1S/C10H15NO4/c12-9-4-7(10(13)14)5-11(9)6-8-2-1-3-15-8/h7-8H,1-6H2,(H,13,14)/t7-,8+/m1/s1. The van der Waals surface area contributed by atoms with E-state index in [1.54, 1.807) is 4.90 Å². The molecule has 1 N–H and O–H groups in total. The molecule has 2 aliphatic heterocycles. The molecular weight excluding hydrogens is 198 g/mol. The average molecular weight is 213 g/mol. The average Bonchev–Trinajstić information content (AvgIpc) is 2.77. The number of hydrogen-bond donors (Lipinski definition) is 1. The lowest BCUT2D eigenvalue weighted by Crippen LogP contribution is -2.33. The lowest BCUT2D eigenvalue weighted by Gasteiger charge is -2.19. The molecule has 2 saturated heterocycles. The van der Waals surface area contributed by atoms with Gasteiger partial charge in [-0.25, -0.2) is 0 Å². The van der Waals surface area contributed by atoms with Gasteiger partial charge in [0.25, 0.3) is 0 Å². The summed E-state index contributed by atoms with van der Waals surface area (Å²) in [7, 11) is 0. The van der Waals surface area contributed by atoms with E-state index in [0.29, 0.717) is 13.1 Å². The summed E-state index contributed by atoms with van der Waals surface area (Å²) >= 11 is 0. The Hall–Kier alpha value is -1.10. The molecule has 84 valence electrons. The second-order valence-corrected chi connectivity index (χ2v) is 4.17. The number of carbonyl (C=O) groups is 2. The topological polar surface area (TPSA) is 66.8 Å². The Morgan fingerprint density at radius 3 is 2.93 bits per heavy atom. The van der Waals surface area contributed by atoms with E-state index >= 15 is 0 Å². The van der Waals surface area contributed by atoms with Crippen molar-refractivity contribution in [2.75, 3.05) is 19.7 Å². The summed E-state index contributed by atoms with van der Waals surface area (Å²) in [6.45, 7) is 1.66. The Kier molecular flexibility index (Phi) is 2.90. The van der Waals surface area contributed by atoms with Crippen LogP contribution in [-0.4, -0.2) is 47.7 Å². The number of rotatable bonds is 3. The maximum atomic E-state index is 11.5. The van der Waals surface area contributed by atoms with Crippen molar-refractivity contribution in [2.24, 2.45) is 5.92 Å². The molecule has 2 heterocycles. The predicted octanol–water partition coefficient (Wildman–Crippen LogP) is 0.0985. The Labute approximate surface area is 88.0 Å². The van der Waals surface area contributed by atoms with Gasteiger partial charge in [0, 0.05) is 26.1 Å². The Morgan fingerprint density at radius 2 is 2.40 bits per heavy atom. The van der Waals surface area contributed by atoms with Gasteiger partial charge in [-0.15, -0.1) is 0 Å². The molecule has 2 fully saturated rings. The van der Waals surface area contributed by atoms with Gasteiger partial charge >= 0.3 is 5.97 Å². The SMILES string of the molecule is O=C(O)[C@@H]1CC(=O)N(C[C@@H]2CCCO2)C1. The first-order chi connectivity index (χ1) is 7.16. The molecule has 5 heteroatoms. The van der Waals surface area contributed by atoms with Crippen molar-refractivity contribution in [1.29, 1.82) is 0 Å². The lowest BCUT2D eigenvalue weighted by atomic mass is 10.1. The number of aliphatic carboxylic acids is 1. The first kappa shape index (κ1) is 10.4. The van der Waals surface area contributed by atoms with Crippen molar-refractivity contribution in [3.63, 3.8) is 0 Å². The number of carboxylic acid groups (broad SMARTS) is 1. The van der Waals surface area contributed by atoms with Gasteiger partial charge in [0.15, 0.2) is 0 Å². The highest BCUT2D eigenvalue weighted by Gasteiger charge is 2.35. The number of carbonyl (C=O) groups excluding carboxylic acids is 1. The van der Waals surface area contributed by atoms with E-state index in [-0.39, 0.29) is 18.4 Å². The molecule has 0 unspecified atom stereocenters. The molecule has 0 aromatic carbocycles. The van der Waals surface area contributed by atoms with Crippen LogP contribution in [0, 0.1) is 5.92 Å². The number of hydrogen-bond acceptors (Lipinski definition) is 3. The summed E-state index contributed by atoms with van der Waals surface area (Å²) in [6, 6.07) is 0. The van der Waals surface area contributed by atoms with E-state index in [1.807, 2.05) is 0 Å². The zero-order chi connectivity index (χ0) is 10.8. The number of ether oxygens (including phenoxy) is 1. The van der Waals surface area contributed by atoms with E-state index in [1.165, 1.54) is 0 Å². The molecule has 0 aromatic heterocycles. The summed E-state index contributed by atoms with van der Waals surface area (Å²) in [5, 5.41) is 8.80. The molecule has 2 atom stereocenters. The molecule has 0 aliphatic carbocycles. The van der Waals surface area contributed by atoms with E-state index in [2.05, 4.69) is 0 Å². The van der Waals surface area contributed by atoms with Crippen molar-refractivity contribution in [2.45, 2.75) is 25.4 Å². The summed E-state index contributed by atoms with van der Waals surface area (Å²) in [6.07, 6.45) is 2.26. The van der Waals surface area contributed by atoms with Crippen molar-refractivity contribution in [3.05, 3.63) is 0 Å². The third kappa shape index (κ3) is 2.28. The fourth-order valence-corrected chi connectivity index (χ4v) is 2.15. The first-order valence-corrected chi connectivity index (χ1v) is 5.29. The van der Waals surface area contributed by atoms with Gasteiger partial charge in [0.05, 0.1) is 12.0 Å². The van der Waals surface area contributed by atoms with Gasteiger partial charge in [0.2, 0.25) is 5.91 Å². The summed E-state index contributed by atoms with van der Waals surface area (Å²) in [5.41, 5.74) is 0. The van der Waals surface area contributed by atoms with E-state index in [9.17, 15) is 9.59 Å². The smallest absolute Gasteiger partial charge is 0.308 e. The number of nitrogens with zero attached hydrogens (tertiary/aromatic N) is 1. The summed E-state index contributed by atoms with van der Waals surface area (Å²) in [4.78, 5) is 23.8. The minimum Gasteiger partial charge on any atom is -0.481 e. The highest BCUT2D eigenvalue weighted by molar-refractivity contribution is 5.86. The van der Waals surface area contributed by atoms with Crippen LogP contribution in [0.5, 0.6) is 0 Å². The van der Waals surface area contributed by atoms with Crippen LogP contribution in [0.1, 0.15) is 19.3 Å². The van der Waals surface area contributed by atoms with Gasteiger partial charge in [-0.2, -0.15) is 0 Å². The number of carboxylic acids is 1. The van der Waals surface area contributed by atoms with Crippen molar-refractivity contribution < 1.29 is 19.4 Å². The summed E-state index contributed by atoms with van der Waals surface area (Å²) < 4.78 is 5.42. The monoisotopic (exact) mass is 213 g/mol. The minimum absolute atomic E-state index is 0.0575. The van der Waals surface area contributed by atoms with Crippen LogP contribution >= 0.6 is 0 Å². The normalized spacial score (nSPS) is 31.2. The van der Waals surface area contributed by atoms with Crippen LogP contribution in [-0.2, 0) is 14.3 Å². The Morgan fingerprint density at radius 1 is 1.60 bits per heavy atom. The van der Waals surface area contributed by atoms with Crippen LogP contribution in [0.25, 0.3) is 0 Å². The quantitative estimate of drug-likeness (QED) is 0.722. The molecule has 0 aromatic rings. The predicted molar refractivity (Wildman–Crippen MR) is 51.3 cm³/mol. The van der Waals surface area contributed by atoms with Gasteiger partial charge in [0.1, 0.15) is 0 Å². The second kappa shape index (κ2) is 4.18. The van der Waals surface area contributed by atoms with E-state index in [4.69, 9.17) is 9.84 Å². The zero-order valence-electron chi connectivity index (χ0n) is 8.52. The maximum absolute atomic E-state index is 11.5. The Bertz CT molecular complexity index is 273. The number of amides is 1. The number of likely N-dealkylation sites (tertiary alicyclic amines) is 1. The van der Waals surface area contributed by atoms with Crippen LogP contribution in [0.3, 0.4) is 0 Å². The van der Waals surface area contributed by atoms with Crippen molar-refractivity contribution in [1.82, 2.24) is 4.90 Å². The van der Waals surface area contributed by atoms with Gasteiger partial charge in [-0.3, -0.25) is 9.59 Å². The van der Waals surface area contributed by atoms with Crippen LogP contribution in [0.15, 0.2) is 0 Å². The van der Waals surface area contributed by atoms with Crippen molar-refractivity contribution >= 4 is 11.9 Å². The van der Waals surface area contributed by atoms with Crippen LogP contribution in [0.2, 0.25) is 0 Å². The van der Waals surface area contributed by atoms with Gasteiger partial charge in [-0.05, 0) is 12.8 Å². The highest BCUT2D eigenvalue weighted by atomic mass is 16.5. The highest BCUT2D eigenvalue weighted by Crippen LogP contribution is 2.21. The third-order valence-electron chi connectivity index (χ3n) is 3.01. The zero-order valence-corrected chi connectivity index (χ0v) is 8.52. The molecule has 0 bridgehead atoms. The largest absolute Gasteiger partial charge is 0.481 e. The molecule has 15 heavy (non-hydrogen) atoms. The molecule has 0 saturated carbocycles. The molecule has 1 amide bonds. The van der Waals surface area contributed by atoms with Gasteiger partial charge in [-0.1, -0.05) is 0 Å². The van der Waals surface area contributed by atoms with Gasteiger partial charge < -0.3 is 14.7 Å². The van der Waals surface area contributed by atoms with Crippen LogP contribution in [0.4, 0.5) is 0 Å². The fourth-order valence-electron chi connectivity index (χ4n) is 2.15. The van der Waals surface area contributed by atoms with Crippen molar-refractivity contribution in [3.8, 4) is 0 Å². The molecule has 2 rings (SSSR count). The third-order valence-corrected chi connectivity index (χ3v) is 3.01. The molecular formula is C10H15NO4. The minimum atomic E-state index is -0.877. The van der Waals surface area contributed by atoms with E-state index < -0.39 is 11.9 Å². The molecule has 0 spiro atoms. The molecule has 5 nitrogen and oxygen atoms in total. The Balaban J connectivity index is 1.87. The molecule has 0 radical (unpaired) electrons.